The normalized spacial score (nSPS) is 13.6. The maximum Gasteiger partial charge on any atom is 1.00 e. The maximum absolute atomic E-state index is 11.2. The molecule has 0 aliphatic rings. The molecule has 0 saturated carbocycles. The van der Waals surface area contributed by atoms with Crippen molar-refractivity contribution >= 4 is 22.2 Å². The van der Waals surface area contributed by atoms with Crippen molar-refractivity contribution in [3.05, 3.63) is 0 Å². The largest absolute Gasteiger partial charge is 1.00 e. The standard InChI is InChI=1S/B2F6HO4P.Li/c3-1(4,5)11-13(9,10)12-2(6,7)8;/h(H,9,10);/q-2;+1/p-1. The number of phosphoric acid groups is 1. The zero-order valence-electron chi connectivity index (χ0n) is 6.50. The van der Waals surface area contributed by atoms with Crippen LogP contribution in [0.15, 0.2) is 0 Å². The summed E-state index contributed by atoms with van der Waals surface area (Å²) in [5.41, 5.74) is 0. The van der Waals surface area contributed by atoms with E-state index in [1.165, 1.54) is 0 Å². The van der Waals surface area contributed by atoms with Crippen LogP contribution < -0.4 is 23.8 Å². The van der Waals surface area contributed by atoms with E-state index in [-0.39, 0.29) is 18.9 Å². The van der Waals surface area contributed by atoms with Gasteiger partial charge in [0.2, 0.25) is 0 Å². The number of hydrogen-bond acceptors (Lipinski definition) is 4. The molecule has 0 aliphatic heterocycles. The van der Waals surface area contributed by atoms with E-state index in [0.717, 1.165) is 0 Å². The Balaban J connectivity index is 0. The van der Waals surface area contributed by atoms with Gasteiger partial charge in [0.15, 0.2) is 7.82 Å². The van der Waals surface area contributed by atoms with Crippen LogP contribution in [0.1, 0.15) is 0 Å². The minimum Gasteiger partial charge on any atom is -0.761 e. The van der Waals surface area contributed by atoms with Gasteiger partial charge in [-0.15, -0.1) is 0 Å². The third-order valence-corrected chi connectivity index (χ3v) is 1.49. The van der Waals surface area contributed by atoms with Gasteiger partial charge in [0.05, 0.1) is 0 Å². The van der Waals surface area contributed by atoms with Crippen LogP contribution in [0.5, 0.6) is 0 Å². The van der Waals surface area contributed by atoms with Crippen molar-refractivity contribution < 1.29 is 63.1 Å². The summed E-state index contributed by atoms with van der Waals surface area (Å²) in [6.45, 7) is 0. The zero-order chi connectivity index (χ0) is 10.9. The van der Waals surface area contributed by atoms with Gasteiger partial charge < -0.3 is 39.7 Å². The van der Waals surface area contributed by atoms with Gasteiger partial charge in [-0.3, -0.25) is 4.57 Å². The van der Waals surface area contributed by atoms with Crippen LogP contribution in [0.25, 0.3) is 0 Å². The van der Waals surface area contributed by atoms with E-state index >= 15 is 0 Å². The molecule has 0 aromatic rings. The van der Waals surface area contributed by atoms with Crippen molar-refractivity contribution in [3.8, 4) is 0 Å². The first-order chi connectivity index (χ1) is 5.41. The van der Waals surface area contributed by atoms with Crippen molar-refractivity contribution in [1.29, 1.82) is 0 Å². The minimum atomic E-state index is -6.38. The first-order valence-corrected chi connectivity index (χ1v) is 3.97. The molecule has 0 heterocycles. The second-order valence-corrected chi connectivity index (χ2v) is 3.00. The van der Waals surface area contributed by atoms with E-state index in [9.17, 15) is 35.4 Å². The molecular formula is B2F6LiO4P-2. The predicted molar refractivity (Wildman–Crippen MR) is 27.9 cm³/mol. The van der Waals surface area contributed by atoms with Crippen LogP contribution in [0.3, 0.4) is 0 Å². The first kappa shape index (κ1) is 16.8. The van der Waals surface area contributed by atoms with Crippen LogP contribution in [-0.2, 0) is 13.4 Å². The molecule has 0 amide bonds. The summed E-state index contributed by atoms with van der Waals surface area (Å²) in [6.07, 6.45) is 0. The van der Waals surface area contributed by atoms with E-state index in [2.05, 4.69) is 8.88 Å². The molecule has 0 aromatic heterocycles. The molecule has 0 aliphatic carbocycles. The molecule has 0 unspecified atom stereocenters. The van der Waals surface area contributed by atoms with E-state index in [0.29, 0.717) is 0 Å². The van der Waals surface area contributed by atoms with E-state index < -0.39 is 22.2 Å². The number of halogens is 6. The average molecular weight is 238 g/mol. The Hall–Kier alpha value is 0.417. The molecule has 0 N–H and O–H groups in total. The van der Waals surface area contributed by atoms with Crippen molar-refractivity contribution in [1.82, 2.24) is 0 Å². The predicted octanol–water partition coefficient (Wildman–Crippen LogP) is -1.82. The molecule has 0 radical (unpaired) electrons. The molecule has 0 spiro atoms. The molecule has 0 rings (SSSR count). The van der Waals surface area contributed by atoms with Crippen LogP contribution >= 0.6 is 7.82 Å². The molecule has 0 atom stereocenters. The van der Waals surface area contributed by atoms with Crippen LogP contribution in [0.4, 0.5) is 25.9 Å². The molecule has 0 bridgehead atoms. The van der Waals surface area contributed by atoms with Crippen LogP contribution in [0, 0.1) is 0 Å². The fourth-order valence-corrected chi connectivity index (χ4v) is 0.953. The van der Waals surface area contributed by atoms with Crippen LogP contribution in [-0.4, -0.2) is 14.4 Å². The molecule has 80 valence electrons. The van der Waals surface area contributed by atoms with Crippen molar-refractivity contribution in [2.45, 2.75) is 0 Å². The summed E-state index contributed by atoms with van der Waals surface area (Å²) in [6, 6.07) is 0. The average Bonchev–Trinajstić information content (AvgIpc) is 1.43. The van der Waals surface area contributed by atoms with Gasteiger partial charge in [0.25, 0.3) is 0 Å². The van der Waals surface area contributed by atoms with Gasteiger partial charge in [-0.05, 0) is 0 Å². The van der Waals surface area contributed by atoms with Crippen LogP contribution in [0.2, 0.25) is 0 Å². The van der Waals surface area contributed by atoms with Crippen molar-refractivity contribution in [2.75, 3.05) is 0 Å². The first-order valence-electron chi connectivity index (χ1n) is 2.51. The fourth-order valence-electron chi connectivity index (χ4n) is 0.318. The van der Waals surface area contributed by atoms with Crippen molar-refractivity contribution in [3.63, 3.8) is 0 Å². The van der Waals surface area contributed by atoms with Gasteiger partial charge in [-0.2, -0.15) is 0 Å². The zero-order valence-corrected chi connectivity index (χ0v) is 7.40. The SMILES string of the molecule is O=P([O-])(O[B-](F)(F)F)O[B-](F)(F)F.[Li+]. The summed E-state index contributed by atoms with van der Waals surface area (Å²) >= 11 is 0. The minimum absolute atomic E-state index is 0. The van der Waals surface area contributed by atoms with Gasteiger partial charge in [0, 0.05) is 0 Å². The van der Waals surface area contributed by atoms with E-state index in [4.69, 9.17) is 0 Å². The third kappa shape index (κ3) is 10.5. The Labute approximate surface area is 85.9 Å². The summed E-state index contributed by atoms with van der Waals surface area (Å²) in [7, 11) is -19.1. The Kier molecular flexibility index (Phi) is 5.97. The Bertz CT molecular complexity index is 203. The Morgan fingerprint density at radius 2 is 1.14 bits per heavy atom. The second-order valence-electron chi connectivity index (χ2n) is 1.69. The van der Waals surface area contributed by atoms with Gasteiger partial charge >= 0.3 is 33.2 Å². The summed E-state index contributed by atoms with van der Waals surface area (Å²) in [4.78, 5) is 9.84. The maximum atomic E-state index is 11.2. The Morgan fingerprint density at radius 1 is 0.929 bits per heavy atom. The van der Waals surface area contributed by atoms with Gasteiger partial charge in [0.1, 0.15) is 0 Å². The molecule has 14 heavy (non-hydrogen) atoms. The van der Waals surface area contributed by atoms with E-state index in [1.807, 2.05) is 0 Å². The second kappa shape index (κ2) is 4.96. The van der Waals surface area contributed by atoms with Crippen molar-refractivity contribution in [2.24, 2.45) is 0 Å². The van der Waals surface area contributed by atoms with Gasteiger partial charge in [-0.1, -0.05) is 0 Å². The smallest absolute Gasteiger partial charge is 0.761 e. The summed E-state index contributed by atoms with van der Waals surface area (Å²) in [5.74, 6) is 0. The molecule has 0 fully saturated rings. The quantitative estimate of drug-likeness (QED) is 0.328. The van der Waals surface area contributed by atoms with E-state index in [1.54, 1.807) is 0 Å². The fraction of sp³-hybridized carbons (Fsp3) is 0. The number of hydrogen-bond donors (Lipinski definition) is 0. The molecule has 14 heteroatoms. The molecule has 0 saturated heterocycles. The third-order valence-electron chi connectivity index (χ3n) is 0.497. The van der Waals surface area contributed by atoms with Gasteiger partial charge in [-0.25, -0.2) is 0 Å². The Morgan fingerprint density at radius 3 is 1.29 bits per heavy atom. The number of rotatable bonds is 4. The monoisotopic (exact) mass is 238 g/mol. The summed E-state index contributed by atoms with van der Waals surface area (Å²) in [5, 5.41) is 0. The molecule has 4 nitrogen and oxygen atoms in total. The topological polar surface area (TPSA) is 58.6 Å². The molecule has 0 aromatic carbocycles. The molecular weight excluding hydrogens is 238 g/mol. The summed E-state index contributed by atoms with van der Waals surface area (Å²) < 4.78 is 81.0.